The van der Waals surface area contributed by atoms with E-state index in [1.165, 1.54) is 50.1 Å². The van der Waals surface area contributed by atoms with Crippen LogP contribution in [0.15, 0.2) is 48.7 Å². The minimum atomic E-state index is -1.20. The smallest absolute Gasteiger partial charge is 0.319 e. The van der Waals surface area contributed by atoms with Crippen LogP contribution in [0.1, 0.15) is 86.7 Å². The SMILES string of the molecule is CCc1c(F)ccc2cc(O)cc(-c3ncc4c(N5CCOC[C@](C)(O)C5)nc(OCC5(CN6CCC7(CC6)CC(CN6CCN(c8ccc9c(c8)CN([C@H]8CCC(=O)NC8=O)C9=O)CC6)C7)CC5)nc4c3F)c12. The molecule has 4 saturated heterocycles. The number of aromatic hydroxyl groups is 1. The van der Waals surface area contributed by atoms with E-state index in [1.54, 1.807) is 17.9 Å². The number of aliphatic hydroxyl groups is 1. The van der Waals surface area contributed by atoms with Crippen LogP contribution < -0.4 is 19.9 Å². The van der Waals surface area contributed by atoms with Crippen molar-refractivity contribution in [2.24, 2.45) is 16.7 Å². The highest BCUT2D eigenvalue weighted by atomic mass is 19.1. The van der Waals surface area contributed by atoms with E-state index < -0.39 is 23.3 Å². The molecule has 5 aromatic rings. The molecule has 6 fully saturated rings. The highest BCUT2D eigenvalue weighted by Crippen LogP contribution is 2.54. The zero-order valence-electron chi connectivity index (χ0n) is 42.3. The van der Waals surface area contributed by atoms with Crippen LogP contribution in [0.2, 0.25) is 0 Å². The van der Waals surface area contributed by atoms with E-state index in [9.17, 15) is 24.6 Å². The molecule has 0 bridgehead atoms. The third kappa shape index (κ3) is 9.29. The standard InChI is InChI=1S/C56H65F2N9O7/c1-3-39-43(57)7-4-35-23-38(68)24-41(46(35)39)48-47(58)49-42(27-59-48)50(66-20-21-73-32-54(2,72)30-66)62-53(61-49)74-33-56(10-11-56)31-64-14-12-55(13-15-64)25-34(26-55)28-63-16-18-65(19-17-63)37-5-6-40-36(22-37)29-67(52(40)71)44-8-9-45(69)60-51(44)70/h4-7,22-24,27,34,44,68,72H,3,8-21,25-26,28-33H2,1-2H3,(H,60,69,70)/t44-,54+/m0/s1. The summed E-state index contributed by atoms with van der Waals surface area (Å²) in [4.78, 5) is 62.7. The Morgan fingerprint density at radius 1 is 0.905 bits per heavy atom. The molecule has 18 heteroatoms. The quantitative estimate of drug-likeness (QED) is 0.120. The zero-order valence-corrected chi connectivity index (χ0v) is 42.3. The van der Waals surface area contributed by atoms with E-state index in [0.29, 0.717) is 83.6 Å². The second kappa shape index (κ2) is 18.9. The van der Waals surface area contributed by atoms with E-state index in [2.05, 4.69) is 31.1 Å². The fourth-order valence-corrected chi connectivity index (χ4v) is 13.1. The number of anilines is 2. The average molecular weight is 1010 g/mol. The van der Waals surface area contributed by atoms with Gasteiger partial charge in [0.25, 0.3) is 5.91 Å². The van der Waals surface area contributed by atoms with Crippen LogP contribution in [0, 0.1) is 28.4 Å². The summed E-state index contributed by atoms with van der Waals surface area (Å²) in [6.07, 6.45) is 9.39. The lowest BCUT2D eigenvalue weighted by molar-refractivity contribution is -0.136. The summed E-state index contributed by atoms with van der Waals surface area (Å²) in [5.41, 5.74) is 2.40. The fourth-order valence-electron chi connectivity index (χ4n) is 13.1. The zero-order chi connectivity index (χ0) is 51.1. The number of hydrogen-bond acceptors (Lipinski definition) is 14. The number of β-amino-alcohol motifs (C(OH)–C–C–N with tert-alkyl or cyclic N) is 1. The van der Waals surface area contributed by atoms with Gasteiger partial charge in [0.15, 0.2) is 5.82 Å². The third-order valence-corrected chi connectivity index (χ3v) is 17.3. The lowest BCUT2D eigenvalue weighted by atomic mass is 9.57. The molecule has 2 saturated carbocycles. The molecule has 390 valence electrons. The number of ether oxygens (including phenoxy) is 2. The second-order valence-corrected chi connectivity index (χ2v) is 22.8. The largest absolute Gasteiger partial charge is 0.508 e. The van der Waals surface area contributed by atoms with Crippen molar-refractivity contribution < 1.29 is 42.9 Å². The molecule has 3 aromatic carbocycles. The number of carbonyl (C=O) groups excluding carboxylic acids is 3. The lowest BCUT2D eigenvalue weighted by Crippen LogP contribution is -2.53. The Morgan fingerprint density at radius 2 is 1.70 bits per heavy atom. The Balaban J connectivity index is 0.665. The first-order chi connectivity index (χ1) is 35.6. The summed E-state index contributed by atoms with van der Waals surface area (Å²) in [6.45, 7) is 13.3. The first-order valence-corrected chi connectivity index (χ1v) is 26.6. The molecule has 5 aliphatic heterocycles. The summed E-state index contributed by atoms with van der Waals surface area (Å²) in [6, 6.07) is 11.3. The topological polar surface area (TPSA) is 177 Å². The molecule has 74 heavy (non-hydrogen) atoms. The van der Waals surface area contributed by atoms with Gasteiger partial charge in [-0.25, -0.2) is 8.78 Å². The number of carbonyl (C=O) groups is 3. The number of rotatable bonds is 12. The van der Waals surface area contributed by atoms with Gasteiger partial charge in [-0.2, -0.15) is 9.97 Å². The summed E-state index contributed by atoms with van der Waals surface area (Å²) in [5, 5.41) is 25.7. The number of piperazine rings is 1. The molecular formula is C56H65F2N9O7. The maximum Gasteiger partial charge on any atom is 0.319 e. The maximum atomic E-state index is 17.2. The van der Waals surface area contributed by atoms with Crippen molar-refractivity contribution >= 4 is 50.9 Å². The van der Waals surface area contributed by atoms with Gasteiger partial charge in [-0.15, -0.1) is 0 Å². The number of halogens is 2. The Labute approximate surface area is 429 Å². The molecule has 16 nitrogen and oxygen atoms in total. The van der Waals surface area contributed by atoms with E-state index >= 15 is 8.78 Å². The average Bonchev–Trinajstić information content (AvgIpc) is 4.12. The lowest BCUT2D eigenvalue weighted by Gasteiger charge is -2.54. The van der Waals surface area contributed by atoms with Crippen molar-refractivity contribution in [2.75, 3.05) is 95.1 Å². The molecule has 1 spiro atoms. The van der Waals surface area contributed by atoms with Gasteiger partial charge in [0.2, 0.25) is 11.8 Å². The summed E-state index contributed by atoms with van der Waals surface area (Å²) in [5.74, 6) is -1.00. The van der Waals surface area contributed by atoms with Crippen LogP contribution in [0.5, 0.6) is 11.8 Å². The van der Waals surface area contributed by atoms with Crippen molar-refractivity contribution in [1.82, 2.24) is 35.0 Å². The monoisotopic (exact) mass is 1010 g/mol. The van der Waals surface area contributed by atoms with E-state index in [-0.39, 0.29) is 71.2 Å². The molecule has 12 rings (SSSR count). The van der Waals surface area contributed by atoms with E-state index in [0.717, 1.165) is 76.5 Å². The number of aryl methyl sites for hydroxylation is 1. The highest BCUT2D eigenvalue weighted by molar-refractivity contribution is 6.06. The number of phenolic OH excluding ortho intramolecular Hbond substituents is 1. The van der Waals surface area contributed by atoms with Crippen molar-refractivity contribution in [3.05, 3.63) is 77.0 Å². The summed E-state index contributed by atoms with van der Waals surface area (Å²) < 4.78 is 44.6. The van der Waals surface area contributed by atoms with E-state index in [4.69, 9.17) is 19.4 Å². The van der Waals surface area contributed by atoms with Crippen molar-refractivity contribution in [1.29, 1.82) is 0 Å². The first-order valence-electron chi connectivity index (χ1n) is 26.6. The number of pyridine rings is 1. The number of nitrogens with zero attached hydrogens (tertiary/aromatic N) is 8. The second-order valence-electron chi connectivity index (χ2n) is 22.8. The van der Waals surface area contributed by atoms with Crippen molar-refractivity contribution in [2.45, 2.75) is 89.8 Å². The number of hydrogen-bond donors (Lipinski definition) is 3. The van der Waals surface area contributed by atoms with Crippen LogP contribution in [0.4, 0.5) is 20.3 Å². The van der Waals surface area contributed by atoms with Gasteiger partial charge in [0, 0.05) is 87.2 Å². The predicted octanol–water partition coefficient (Wildman–Crippen LogP) is 6.21. The molecule has 2 aliphatic carbocycles. The number of likely N-dealkylation sites (tertiary alicyclic amines) is 1. The number of phenols is 1. The summed E-state index contributed by atoms with van der Waals surface area (Å²) in [7, 11) is 0. The predicted molar refractivity (Wildman–Crippen MR) is 274 cm³/mol. The van der Waals surface area contributed by atoms with Gasteiger partial charge in [0.05, 0.1) is 31.8 Å². The number of nitrogens with one attached hydrogen (secondary N) is 1. The third-order valence-electron chi connectivity index (χ3n) is 17.3. The van der Waals surface area contributed by atoms with Crippen LogP contribution in [0.3, 0.4) is 0 Å². The summed E-state index contributed by atoms with van der Waals surface area (Å²) >= 11 is 0. The molecular weight excluding hydrogens is 949 g/mol. The minimum Gasteiger partial charge on any atom is -0.508 e. The number of benzene rings is 3. The molecule has 0 unspecified atom stereocenters. The molecule has 7 heterocycles. The Morgan fingerprint density at radius 3 is 2.46 bits per heavy atom. The van der Waals surface area contributed by atoms with Crippen LogP contribution in [-0.4, -0.2) is 154 Å². The van der Waals surface area contributed by atoms with Gasteiger partial charge in [-0.05, 0) is 141 Å². The van der Waals surface area contributed by atoms with Crippen molar-refractivity contribution in [3.8, 4) is 23.0 Å². The number of fused-ring (bicyclic) bond motifs is 3. The van der Waals surface area contributed by atoms with Crippen LogP contribution in [-0.2, 0) is 27.3 Å². The number of aromatic nitrogens is 3. The van der Waals surface area contributed by atoms with Crippen LogP contribution >= 0.6 is 0 Å². The normalized spacial score (nSPS) is 24.4. The molecule has 3 N–H and O–H groups in total. The number of piperidine rings is 2. The molecule has 3 amide bonds. The maximum absolute atomic E-state index is 17.2. The van der Waals surface area contributed by atoms with Gasteiger partial charge >= 0.3 is 6.01 Å². The van der Waals surface area contributed by atoms with Gasteiger partial charge in [0.1, 0.15) is 40.2 Å². The highest BCUT2D eigenvalue weighted by Gasteiger charge is 2.50. The molecule has 2 atom stereocenters. The molecule has 0 radical (unpaired) electrons. The number of amides is 3. The van der Waals surface area contributed by atoms with E-state index in [1.807, 2.05) is 24.0 Å². The minimum absolute atomic E-state index is 0.0181. The Kier molecular flexibility index (Phi) is 12.5. The Bertz CT molecular complexity index is 3050. The van der Waals surface area contributed by atoms with Crippen molar-refractivity contribution in [3.63, 3.8) is 0 Å². The fraction of sp³-hybridized carbons (Fsp3) is 0.536. The first kappa shape index (κ1) is 48.8. The van der Waals surface area contributed by atoms with Gasteiger partial charge in [-0.1, -0.05) is 13.0 Å². The van der Waals surface area contributed by atoms with Gasteiger partial charge < -0.3 is 39.3 Å². The van der Waals surface area contributed by atoms with Crippen LogP contribution in [0.25, 0.3) is 32.9 Å². The molecule has 7 aliphatic rings. The molecule has 2 aromatic heterocycles. The van der Waals surface area contributed by atoms with Gasteiger partial charge in [-0.3, -0.25) is 29.6 Å². The Hall–Kier alpha value is -6.08. The number of imide groups is 1.